The van der Waals surface area contributed by atoms with Crippen LogP contribution in [0, 0.1) is 0 Å². The van der Waals surface area contributed by atoms with Crippen LogP contribution in [-0.4, -0.2) is 29.6 Å². The van der Waals surface area contributed by atoms with Gasteiger partial charge in [0.2, 0.25) is 0 Å². The van der Waals surface area contributed by atoms with Crippen LogP contribution in [0.2, 0.25) is 0 Å². The molecule has 1 amide bonds. The lowest BCUT2D eigenvalue weighted by atomic mass is 10.1. The van der Waals surface area contributed by atoms with Gasteiger partial charge in [-0.05, 0) is 66.4 Å². The molecule has 4 rings (SSSR count). The normalized spacial score (nSPS) is 20.5. The Kier molecular flexibility index (Phi) is 4.10. The number of likely N-dealkylation sites (tertiary alicyclic amines) is 1. The minimum absolute atomic E-state index is 0.136. The third kappa shape index (κ3) is 2.84. The topological polar surface area (TPSA) is 35.9 Å². The van der Waals surface area contributed by atoms with E-state index in [2.05, 4.69) is 28.9 Å². The van der Waals surface area contributed by atoms with Crippen molar-refractivity contribution in [1.29, 1.82) is 0 Å². The maximum atomic E-state index is 12.9. The van der Waals surface area contributed by atoms with Gasteiger partial charge in [-0.1, -0.05) is 0 Å². The number of hydrogen-bond acceptors (Lipinski definition) is 4. The summed E-state index contributed by atoms with van der Waals surface area (Å²) in [6.45, 7) is 3.82. The van der Waals surface area contributed by atoms with E-state index in [4.69, 9.17) is 0 Å². The van der Waals surface area contributed by atoms with Crippen LogP contribution in [0.5, 0.6) is 0 Å². The Morgan fingerprint density at radius 1 is 1.21 bits per heavy atom. The van der Waals surface area contributed by atoms with Crippen molar-refractivity contribution in [3.8, 4) is 0 Å². The van der Waals surface area contributed by atoms with Crippen molar-refractivity contribution in [2.45, 2.75) is 32.2 Å². The molecule has 0 radical (unpaired) electrons. The maximum absolute atomic E-state index is 12.9. The van der Waals surface area contributed by atoms with E-state index in [0.29, 0.717) is 0 Å². The number of carbonyl (C=O) groups excluding carboxylic acids is 1. The van der Waals surface area contributed by atoms with Crippen molar-refractivity contribution in [1.82, 2.24) is 4.90 Å². The smallest absolute Gasteiger partial charge is 0.254 e. The molecule has 0 N–H and O–H groups in total. The van der Waals surface area contributed by atoms with E-state index in [1.165, 1.54) is 5.56 Å². The highest BCUT2D eigenvalue weighted by Gasteiger charge is 2.30. The number of nitrogens with zero attached hydrogens (tertiary/aromatic N) is 3. The summed E-state index contributed by atoms with van der Waals surface area (Å²) < 4.78 is 0. The van der Waals surface area contributed by atoms with E-state index in [-0.39, 0.29) is 11.9 Å². The first kappa shape index (κ1) is 15.4. The highest BCUT2D eigenvalue weighted by Crippen LogP contribution is 2.34. The Morgan fingerprint density at radius 2 is 2.04 bits per heavy atom. The Bertz CT molecular complexity index is 751. The molecule has 1 unspecified atom stereocenters. The summed E-state index contributed by atoms with van der Waals surface area (Å²) in [5, 5.41) is 10.8. The summed E-state index contributed by atoms with van der Waals surface area (Å²) in [5.41, 5.74) is 4.25. The Labute approximate surface area is 146 Å². The van der Waals surface area contributed by atoms with Crippen molar-refractivity contribution in [3.63, 3.8) is 0 Å². The van der Waals surface area contributed by atoms with Crippen molar-refractivity contribution in [2.75, 3.05) is 18.1 Å². The number of anilines is 1. The van der Waals surface area contributed by atoms with Crippen LogP contribution in [-0.2, 0) is 0 Å². The van der Waals surface area contributed by atoms with Gasteiger partial charge < -0.3 is 4.90 Å². The van der Waals surface area contributed by atoms with Gasteiger partial charge in [-0.25, -0.2) is 0 Å². The molecule has 1 fully saturated rings. The van der Waals surface area contributed by atoms with Crippen LogP contribution in [0.15, 0.2) is 46.2 Å². The summed E-state index contributed by atoms with van der Waals surface area (Å²) in [5.74, 6) is 0.136. The molecular weight excluding hydrogens is 318 g/mol. The molecular formula is C19H21N3OS. The fourth-order valence-electron chi connectivity index (χ4n) is 3.52. The molecule has 0 bridgehead atoms. The lowest BCUT2D eigenvalue weighted by Crippen LogP contribution is -2.30. The van der Waals surface area contributed by atoms with E-state index < -0.39 is 0 Å². The average Bonchev–Trinajstić information content (AvgIpc) is 3.35. The number of amides is 1. The van der Waals surface area contributed by atoms with Crippen molar-refractivity contribution in [3.05, 3.63) is 52.2 Å². The van der Waals surface area contributed by atoms with Crippen LogP contribution in [0.1, 0.15) is 48.1 Å². The summed E-state index contributed by atoms with van der Waals surface area (Å²) in [4.78, 5) is 14.9. The quantitative estimate of drug-likeness (QED) is 0.835. The number of carbonyl (C=O) groups is 1. The molecule has 5 heteroatoms. The standard InChI is InChI=1S/C19H21N3OS/c1-14-8-11-22(20-14)17-6-4-15(5-7-17)19(23)21-10-2-3-18(21)16-9-12-24-13-16/h4-7,9,12-13,18H,2-3,8,10-11H2,1H3. The number of hydrogen-bond donors (Lipinski definition) is 0. The second-order valence-corrected chi connectivity index (χ2v) is 7.25. The fraction of sp³-hybridized carbons (Fsp3) is 0.368. The van der Waals surface area contributed by atoms with Gasteiger partial charge in [0.15, 0.2) is 0 Å². The molecule has 1 atom stereocenters. The van der Waals surface area contributed by atoms with E-state index in [9.17, 15) is 4.79 Å². The van der Waals surface area contributed by atoms with Gasteiger partial charge in [0.25, 0.3) is 5.91 Å². The average molecular weight is 339 g/mol. The van der Waals surface area contributed by atoms with Gasteiger partial charge in [0.05, 0.1) is 11.7 Å². The molecule has 24 heavy (non-hydrogen) atoms. The van der Waals surface area contributed by atoms with Crippen LogP contribution >= 0.6 is 11.3 Å². The van der Waals surface area contributed by atoms with Crippen LogP contribution in [0.4, 0.5) is 5.69 Å². The largest absolute Gasteiger partial charge is 0.332 e. The maximum Gasteiger partial charge on any atom is 0.254 e. The van der Waals surface area contributed by atoms with Crippen LogP contribution < -0.4 is 5.01 Å². The molecule has 124 valence electrons. The van der Waals surface area contributed by atoms with E-state index >= 15 is 0 Å². The fourth-order valence-corrected chi connectivity index (χ4v) is 4.23. The first-order valence-corrected chi connectivity index (χ1v) is 9.41. The number of thiophene rings is 1. The predicted octanol–water partition coefficient (Wildman–Crippen LogP) is 4.31. The third-order valence-corrected chi connectivity index (χ3v) is 5.53. The van der Waals surface area contributed by atoms with Gasteiger partial charge in [0.1, 0.15) is 0 Å². The SMILES string of the molecule is CC1=NN(c2ccc(C(=O)N3CCCC3c3ccsc3)cc2)CC1. The molecule has 2 aliphatic rings. The summed E-state index contributed by atoms with van der Waals surface area (Å²) in [6.07, 6.45) is 3.14. The molecule has 1 aromatic carbocycles. The summed E-state index contributed by atoms with van der Waals surface area (Å²) in [6, 6.07) is 10.2. The minimum atomic E-state index is 0.136. The highest BCUT2D eigenvalue weighted by atomic mass is 32.1. The first-order chi connectivity index (χ1) is 11.7. The second kappa shape index (κ2) is 6.40. The molecule has 0 saturated carbocycles. The highest BCUT2D eigenvalue weighted by molar-refractivity contribution is 7.08. The number of benzene rings is 1. The van der Waals surface area contributed by atoms with Crippen molar-refractivity contribution >= 4 is 28.6 Å². The van der Waals surface area contributed by atoms with E-state index in [1.807, 2.05) is 34.2 Å². The summed E-state index contributed by atoms with van der Waals surface area (Å²) in [7, 11) is 0. The Balaban J connectivity index is 1.52. The molecule has 0 aliphatic carbocycles. The lowest BCUT2D eigenvalue weighted by Gasteiger charge is -2.24. The predicted molar refractivity (Wildman–Crippen MR) is 98.8 cm³/mol. The zero-order valence-electron chi connectivity index (χ0n) is 13.8. The molecule has 3 heterocycles. The molecule has 1 aromatic heterocycles. The van der Waals surface area contributed by atoms with E-state index in [1.54, 1.807) is 11.3 Å². The molecule has 0 spiro atoms. The number of rotatable bonds is 3. The Hall–Kier alpha value is -2.14. The molecule has 2 aliphatic heterocycles. The zero-order valence-corrected chi connectivity index (χ0v) is 14.6. The van der Waals surface area contributed by atoms with Gasteiger partial charge in [0, 0.05) is 30.8 Å². The monoisotopic (exact) mass is 339 g/mol. The van der Waals surface area contributed by atoms with Gasteiger partial charge in [-0.15, -0.1) is 0 Å². The van der Waals surface area contributed by atoms with Crippen molar-refractivity contribution in [2.24, 2.45) is 5.10 Å². The number of hydrazone groups is 1. The lowest BCUT2D eigenvalue weighted by molar-refractivity contribution is 0.0736. The first-order valence-electron chi connectivity index (χ1n) is 8.47. The van der Waals surface area contributed by atoms with Crippen LogP contribution in [0.25, 0.3) is 0 Å². The van der Waals surface area contributed by atoms with Gasteiger partial charge in [-0.3, -0.25) is 9.80 Å². The van der Waals surface area contributed by atoms with Gasteiger partial charge in [-0.2, -0.15) is 16.4 Å². The van der Waals surface area contributed by atoms with E-state index in [0.717, 1.165) is 49.3 Å². The van der Waals surface area contributed by atoms with Crippen molar-refractivity contribution < 1.29 is 4.79 Å². The minimum Gasteiger partial charge on any atom is -0.332 e. The molecule has 1 saturated heterocycles. The summed E-state index contributed by atoms with van der Waals surface area (Å²) >= 11 is 1.70. The third-order valence-electron chi connectivity index (χ3n) is 4.83. The van der Waals surface area contributed by atoms with Crippen LogP contribution in [0.3, 0.4) is 0 Å². The molecule has 4 nitrogen and oxygen atoms in total. The van der Waals surface area contributed by atoms with Gasteiger partial charge >= 0.3 is 0 Å². The zero-order chi connectivity index (χ0) is 16.5. The Morgan fingerprint density at radius 3 is 2.71 bits per heavy atom. The second-order valence-electron chi connectivity index (χ2n) is 6.47. The molecule has 2 aromatic rings.